The van der Waals surface area contributed by atoms with Gasteiger partial charge in [0.25, 0.3) is 0 Å². The Kier molecular flexibility index (Phi) is 16.3. The summed E-state index contributed by atoms with van der Waals surface area (Å²) in [5.41, 5.74) is 0. The zero-order chi connectivity index (χ0) is 13.0. The van der Waals surface area contributed by atoms with E-state index in [9.17, 15) is 0 Å². The third-order valence-electron chi connectivity index (χ3n) is 3.94. The van der Waals surface area contributed by atoms with Crippen LogP contribution in [0.4, 0.5) is 0 Å². The van der Waals surface area contributed by atoms with Crippen molar-refractivity contribution < 1.29 is 24.0 Å². The van der Waals surface area contributed by atoms with Gasteiger partial charge in [0.2, 0.25) is 0 Å². The summed E-state index contributed by atoms with van der Waals surface area (Å²) in [5, 5.41) is 0. The van der Waals surface area contributed by atoms with Crippen molar-refractivity contribution in [1.82, 2.24) is 0 Å². The third-order valence-corrected chi connectivity index (χ3v) is 3.94. The molecular weight excluding hydrogens is 272 g/mol. The van der Waals surface area contributed by atoms with Crippen molar-refractivity contribution in [2.75, 3.05) is 26.2 Å². The van der Waals surface area contributed by atoms with Crippen LogP contribution in [0.1, 0.15) is 79.1 Å². The van der Waals surface area contributed by atoms with Gasteiger partial charge in [0.15, 0.2) is 0 Å². The van der Waals surface area contributed by atoms with E-state index in [2.05, 4.69) is 27.7 Å². The van der Waals surface area contributed by atoms with Gasteiger partial charge in [-0.05, 0) is 25.7 Å². The quantitative estimate of drug-likeness (QED) is 0.351. The number of hydrogen-bond acceptors (Lipinski definition) is 0. The number of rotatable bonds is 12. The summed E-state index contributed by atoms with van der Waals surface area (Å²) in [6.07, 6.45) is 11.1. The van der Waals surface area contributed by atoms with Gasteiger partial charge in [-0.1, -0.05) is 53.4 Å². The van der Waals surface area contributed by atoms with Crippen LogP contribution in [0.3, 0.4) is 0 Å². The van der Waals surface area contributed by atoms with Crippen LogP contribution in [-0.2, 0) is 19.5 Å². The van der Waals surface area contributed by atoms with E-state index in [0.717, 1.165) is 0 Å². The molecule has 0 spiro atoms. The molecule has 0 rings (SSSR count). The van der Waals surface area contributed by atoms with E-state index >= 15 is 0 Å². The molecule has 0 bridgehead atoms. The molecule has 0 aliphatic heterocycles. The Morgan fingerprint density at radius 1 is 0.500 bits per heavy atom. The first-order valence-corrected chi connectivity index (χ1v) is 8.09. The fourth-order valence-corrected chi connectivity index (χ4v) is 2.64. The molecule has 0 aromatic rings. The summed E-state index contributed by atoms with van der Waals surface area (Å²) in [7, 11) is 0. The number of quaternary nitrogens is 1. The predicted molar refractivity (Wildman–Crippen MR) is 79.4 cm³/mol. The van der Waals surface area contributed by atoms with Crippen LogP contribution in [0.15, 0.2) is 0 Å². The maximum Gasteiger partial charge on any atom is 2.00 e. The van der Waals surface area contributed by atoms with Crippen molar-refractivity contribution in [3.05, 3.63) is 0 Å². The normalized spacial score (nSPS) is 11.3. The molecule has 0 saturated heterocycles. The van der Waals surface area contributed by atoms with Crippen molar-refractivity contribution in [2.45, 2.75) is 79.1 Å². The average Bonchev–Trinajstić information content (AvgIpc) is 2.37. The minimum Gasteiger partial charge on any atom is -0.324 e. The molecule has 104 valence electrons. The SMILES string of the molecule is CCCC[N+](CCCC)(CCCC)CCCC.[Zn+2]. The summed E-state index contributed by atoms with van der Waals surface area (Å²) in [6, 6.07) is 0. The Labute approximate surface area is 129 Å². The van der Waals surface area contributed by atoms with Gasteiger partial charge >= 0.3 is 19.5 Å². The monoisotopic (exact) mass is 306 g/mol. The Hall–Kier alpha value is 0.583. The summed E-state index contributed by atoms with van der Waals surface area (Å²) in [5.74, 6) is 0. The molecule has 0 radical (unpaired) electrons. The van der Waals surface area contributed by atoms with Gasteiger partial charge in [-0.2, -0.15) is 0 Å². The van der Waals surface area contributed by atoms with Gasteiger partial charge in [-0.3, -0.25) is 0 Å². The maximum absolute atomic E-state index is 2.33. The van der Waals surface area contributed by atoms with E-state index in [0.29, 0.717) is 0 Å². The summed E-state index contributed by atoms with van der Waals surface area (Å²) in [4.78, 5) is 0. The van der Waals surface area contributed by atoms with E-state index in [-0.39, 0.29) is 19.5 Å². The fourth-order valence-electron chi connectivity index (χ4n) is 2.64. The van der Waals surface area contributed by atoms with Crippen molar-refractivity contribution in [3.63, 3.8) is 0 Å². The Morgan fingerprint density at radius 3 is 0.889 bits per heavy atom. The zero-order valence-electron chi connectivity index (χ0n) is 13.6. The molecule has 0 fully saturated rings. The summed E-state index contributed by atoms with van der Waals surface area (Å²) in [6.45, 7) is 15.0. The zero-order valence-corrected chi connectivity index (χ0v) is 16.6. The molecule has 0 saturated carbocycles. The minimum absolute atomic E-state index is 0. The topological polar surface area (TPSA) is 0 Å². The number of hydrogen-bond donors (Lipinski definition) is 0. The number of nitrogens with zero attached hydrogens (tertiary/aromatic N) is 1. The van der Waals surface area contributed by atoms with E-state index in [4.69, 9.17) is 0 Å². The van der Waals surface area contributed by atoms with Crippen molar-refractivity contribution in [3.8, 4) is 0 Å². The molecule has 0 aliphatic rings. The first-order chi connectivity index (χ1) is 8.24. The molecule has 0 heterocycles. The maximum atomic E-state index is 2.33. The second-order valence-corrected chi connectivity index (χ2v) is 5.65. The van der Waals surface area contributed by atoms with Crippen LogP contribution in [0.5, 0.6) is 0 Å². The van der Waals surface area contributed by atoms with E-state index in [1.54, 1.807) is 0 Å². The second kappa shape index (κ2) is 14.0. The van der Waals surface area contributed by atoms with E-state index < -0.39 is 0 Å². The summed E-state index contributed by atoms with van der Waals surface area (Å²) < 4.78 is 1.42. The van der Waals surface area contributed by atoms with Crippen LogP contribution >= 0.6 is 0 Å². The van der Waals surface area contributed by atoms with Gasteiger partial charge in [-0.25, -0.2) is 0 Å². The molecule has 1 nitrogen and oxygen atoms in total. The van der Waals surface area contributed by atoms with Crippen LogP contribution in [-0.4, -0.2) is 30.7 Å². The van der Waals surface area contributed by atoms with Crippen LogP contribution in [0.25, 0.3) is 0 Å². The van der Waals surface area contributed by atoms with Crippen molar-refractivity contribution >= 4 is 0 Å². The average molecular weight is 308 g/mol. The molecule has 0 aromatic carbocycles. The van der Waals surface area contributed by atoms with Crippen LogP contribution in [0.2, 0.25) is 0 Å². The van der Waals surface area contributed by atoms with Gasteiger partial charge in [0.05, 0.1) is 26.2 Å². The van der Waals surface area contributed by atoms with Crippen LogP contribution in [0, 0.1) is 0 Å². The first-order valence-electron chi connectivity index (χ1n) is 8.09. The molecule has 0 amide bonds. The first kappa shape index (κ1) is 20.9. The predicted octanol–water partition coefficient (Wildman–Crippen LogP) is 5.00. The molecule has 0 aromatic heterocycles. The van der Waals surface area contributed by atoms with Crippen molar-refractivity contribution in [1.29, 1.82) is 0 Å². The standard InChI is InChI=1S/C16H36N.Zn/c1-5-9-13-17(14-10-6-2,15-11-7-3)16-12-8-4;/h5-16H2,1-4H3;/q+1;+2. The Morgan fingerprint density at radius 2 is 0.722 bits per heavy atom. The van der Waals surface area contributed by atoms with Gasteiger partial charge in [0, 0.05) is 0 Å². The number of unbranched alkanes of at least 4 members (excludes halogenated alkanes) is 4. The van der Waals surface area contributed by atoms with E-state index in [1.165, 1.54) is 82.0 Å². The van der Waals surface area contributed by atoms with Gasteiger partial charge in [-0.15, -0.1) is 0 Å². The Bertz CT molecular complexity index is 122. The molecule has 0 aliphatic carbocycles. The minimum atomic E-state index is 0. The van der Waals surface area contributed by atoms with Crippen molar-refractivity contribution in [2.24, 2.45) is 0 Å². The molecular formula is C16H36NZn+3. The summed E-state index contributed by atoms with van der Waals surface area (Å²) >= 11 is 0. The third kappa shape index (κ3) is 9.51. The van der Waals surface area contributed by atoms with Gasteiger partial charge in [0.1, 0.15) is 0 Å². The molecule has 0 N–H and O–H groups in total. The van der Waals surface area contributed by atoms with Gasteiger partial charge < -0.3 is 4.48 Å². The smallest absolute Gasteiger partial charge is 0.324 e. The molecule has 0 unspecified atom stereocenters. The molecule has 2 heteroatoms. The molecule has 0 atom stereocenters. The van der Waals surface area contributed by atoms with Crippen LogP contribution < -0.4 is 0 Å². The largest absolute Gasteiger partial charge is 2.00 e. The fraction of sp³-hybridized carbons (Fsp3) is 1.00. The Balaban J connectivity index is 0. The molecule has 18 heavy (non-hydrogen) atoms. The van der Waals surface area contributed by atoms with E-state index in [1.807, 2.05) is 0 Å². The second-order valence-electron chi connectivity index (χ2n) is 5.65.